The minimum absolute atomic E-state index is 0.740. The Hall–Kier alpha value is -1.02. The number of fused-ring (bicyclic) bond motifs is 1. The van der Waals surface area contributed by atoms with E-state index in [0.717, 1.165) is 16.9 Å². The van der Waals surface area contributed by atoms with Crippen molar-refractivity contribution >= 4 is 32.4 Å². The lowest BCUT2D eigenvalue weighted by Crippen LogP contribution is -2.05. The fourth-order valence-electron chi connectivity index (χ4n) is 1.91. The van der Waals surface area contributed by atoms with E-state index >= 15 is 0 Å². The number of rotatable bonds is 4. The first kappa shape index (κ1) is 12.4. The molecule has 0 amide bonds. The van der Waals surface area contributed by atoms with Gasteiger partial charge in [0.25, 0.3) is 0 Å². The molecule has 0 spiro atoms. The first-order valence-corrected chi connectivity index (χ1v) is 6.89. The van der Waals surface area contributed by atoms with Gasteiger partial charge in [-0.2, -0.15) is 0 Å². The number of halogens is 1. The number of benzene rings is 2. The highest BCUT2D eigenvalue weighted by Crippen LogP contribution is 2.29. The second-order valence-electron chi connectivity index (χ2n) is 4.75. The fourth-order valence-corrected chi connectivity index (χ4v) is 2.39. The third-order valence-electron chi connectivity index (χ3n) is 2.91. The zero-order valence-corrected chi connectivity index (χ0v) is 11.9. The summed E-state index contributed by atoms with van der Waals surface area (Å²) in [5.41, 5.74) is 1.23. The molecule has 0 atom stereocenters. The Morgan fingerprint density at radius 2 is 1.76 bits per heavy atom. The monoisotopic (exact) mass is 291 g/mol. The van der Waals surface area contributed by atoms with Gasteiger partial charge in [0.2, 0.25) is 0 Å². The topological polar surface area (TPSA) is 12.0 Å². The van der Waals surface area contributed by atoms with E-state index in [1.54, 1.807) is 0 Å². The third kappa shape index (κ3) is 3.01. The van der Waals surface area contributed by atoms with Gasteiger partial charge in [-0.05, 0) is 29.9 Å². The number of hydrogen-bond donors (Lipinski definition) is 1. The minimum Gasteiger partial charge on any atom is -0.385 e. The smallest absolute Gasteiger partial charge is 0.0420 e. The Balaban J connectivity index is 2.26. The predicted octanol–water partition coefficient (Wildman–Crippen LogP) is 5.06. The molecule has 0 fully saturated rings. The quantitative estimate of drug-likeness (QED) is 0.830. The normalized spacial score (nSPS) is 11.1. The van der Waals surface area contributed by atoms with Crippen LogP contribution in [0.1, 0.15) is 20.3 Å². The van der Waals surface area contributed by atoms with E-state index in [0.29, 0.717) is 0 Å². The summed E-state index contributed by atoms with van der Waals surface area (Å²) in [4.78, 5) is 0. The summed E-state index contributed by atoms with van der Waals surface area (Å²) in [5, 5.41) is 6.07. The molecule has 0 unspecified atom stereocenters. The standard InChI is InChI=1S/C15H18BrN/c1-11(2)9-10-17-15-8-7-14(16)12-5-3-4-6-13(12)15/h3-8,11,17H,9-10H2,1-2H3. The molecule has 2 aromatic carbocycles. The Bertz CT molecular complexity index is 505. The van der Waals surface area contributed by atoms with E-state index in [1.165, 1.54) is 22.9 Å². The minimum atomic E-state index is 0.740. The molecule has 0 aliphatic rings. The second kappa shape index (κ2) is 5.54. The lowest BCUT2D eigenvalue weighted by Gasteiger charge is -2.12. The number of anilines is 1. The van der Waals surface area contributed by atoms with Gasteiger partial charge >= 0.3 is 0 Å². The van der Waals surface area contributed by atoms with Crippen molar-refractivity contribution in [3.63, 3.8) is 0 Å². The van der Waals surface area contributed by atoms with Crippen LogP contribution in [0.2, 0.25) is 0 Å². The predicted molar refractivity (Wildman–Crippen MR) is 79.6 cm³/mol. The summed E-state index contributed by atoms with van der Waals surface area (Å²) in [7, 11) is 0. The van der Waals surface area contributed by atoms with Crippen LogP contribution < -0.4 is 5.32 Å². The third-order valence-corrected chi connectivity index (χ3v) is 3.60. The fraction of sp³-hybridized carbons (Fsp3) is 0.333. The maximum atomic E-state index is 3.59. The summed E-state index contributed by atoms with van der Waals surface area (Å²) >= 11 is 3.59. The van der Waals surface area contributed by atoms with Gasteiger partial charge in [0.15, 0.2) is 0 Å². The highest BCUT2D eigenvalue weighted by molar-refractivity contribution is 9.10. The van der Waals surface area contributed by atoms with Gasteiger partial charge in [-0.3, -0.25) is 0 Å². The molecule has 0 bridgehead atoms. The molecule has 1 N–H and O–H groups in total. The van der Waals surface area contributed by atoms with Gasteiger partial charge in [-0.1, -0.05) is 54.0 Å². The lowest BCUT2D eigenvalue weighted by atomic mass is 10.1. The number of nitrogens with one attached hydrogen (secondary N) is 1. The summed E-state index contributed by atoms with van der Waals surface area (Å²) in [5.74, 6) is 0.740. The van der Waals surface area contributed by atoms with Gasteiger partial charge < -0.3 is 5.32 Å². The second-order valence-corrected chi connectivity index (χ2v) is 5.60. The van der Waals surface area contributed by atoms with Crippen LogP contribution in [-0.2, 0) is 0 Å². The van der Waals surface area contributed by atoms with Crippen LogP contribution in [0.15, 0.2) is 40.9 Å². The van der Waals surface area contributed by atoms with Crippen LogP contribution in [0.4, 0.5) is 5.69 Å². The van der Waals surface area contributed by atoms with Gasteiger partial charge in [-0.25, -0.2) is 0 Å². The Kier molecular flexibility index (Phi) is 4.06. The van der Waals surface area contributed by atoms with E-state index in [4.69, 9.17) is 0 Å². The van der Waals surface area contributed by atoms with Gasteiger partial charge in [0.05, 0.1) is 0 Å². The molecular formula is C15H18BrN. The first-order valence-electron chi connectivity index (χ1n) is 6.09. The number of hydrogen-bond acceptors (Lipinski definition) is 1. The van der Waals surface area contributed by atoms with Gasteiger partial charge in [0, 0.05) is 22.1 Å². The molecule has 0 aliphatic carbocycles. The molecule has 0 radical (unpaired) electrons. The highest BCUT2D eigenvalue weighted by atomic mass is 79.9. The molecule has 0 heterocycles. The van der Waals surface area contributed by atoms with Crippen LogP contribution in [0.25, 0.3) is 10.8 Å². The molecular weight excluding hydrogens is 274 g/mol. The van der Waals surface area contributed by atoms with Crippen molar-refractivity contribution in [2.45, 2.75) is 20.3 Å². The van der Waals surface area contributed by atoms with Crippen molar-refractivity contribution in [2.75, 3.05) is 11.9 Å². The summed E-state index contributed by atoms with van der Waals surface area (Å²) in [6, 6.07) is 12.7. The summed E-state index contributed by atoms with van der Waals surface area (Å²) in [6.45, 7) is 5.53. The zero-order chi connectivity index (χ0) is 12.3. The Morgan fingerprint density at radius 3 is 2.47 bits per heavy atom. The molecule has 2 aromatic rings. The van der Waals surface area contributed by atoms with Crippen molar-refractivity contribution in [3.05, 3.63) is 40.9 Å². The Morgan fingerprint density at radius 1 is 1.06 bits per heavy atom. The van der Waals surface area contributed by atoms with Gasteiger partial charge in [-0.15, -0.1) is 0 Å². The molecule has 0 saturated heterocycles. The maximum Gasteiger partial charge on any atom is 0.0420 e. The van der Waals surface area contributed by atoms with Crippen LogP contribution in [0.3, 0.4) is 0 Å². The van der Waals surface area contributed by atoms with Crippen LogP contribution in [-0.4, -0.2) is 6.54 Å². The van der Waals surface area contributed by atoms with Crippen molar-refractivity contribution in [1.29, 1.82) is 0 Å². The first-order chi connectivity index (χ1) is 8.18. The molecule has 0 aromatic heterocycles. The molecule has 2 heteroatoms. The SMILES string of the molecule is CC(C)CCNc1ccc(Br)c2ccccc12. The average Bonchev–Trinajstić information content (AvgIpc) is 2.32. The summed E-state index contributed by atoms with van der Waals surface area (Å²) < 4.78 is 1.16. The molecule has 2 rings (SSSR count). The van der Waals surface area contributed by atoms with E-state index in [9.17, 15) is 0 Å². The maximum absolute atomic E-state index is 3.59. The van der Waals surface area contributed by atoms with Crippen LogP contribution in [0.5, 0.6) is 0 Å². The zero-order valence-electron chi connectivity index (χ0n) is 10.3. The summed E-state index contributed by atoms with van der Waals surface area (Å²) in [6.07, 6.45) is 1.20. The van der Waals surface area contributed by atoms with Crippen molar-refractivity contribution in [2.24, 2.45) is 5.92 Å². The molecule has 17 heavy (non-hydrogen) atoms. The van der Waals surface area contributed by atoms with E-state index in [-0.39, 0.29) is 0 Å². The Labute approximate surface area is 111 Å². The van der Waals surface area contributed by atoms with E-state index in [2.05, 4.69) is 71.5 Å². The van der Waals surface area contributed by atoms with Crippen molar-refractivity contribution < 1.29 is 0 Å². The lowest BCUT2D eigenvalue weighted by molar-refractivity contribution is 0.607. The molecule has 0 aliphatic heterocycles. The van der Waals surface area contributed by atoms with Crippen LogP contribution in [0, 0.1) is 5.92 Å². The molecule has 1 nitrogen and oxygen atoms in total. The van der Waals surface area contributed by atoms with E-state index < -0.39 is 0 Å². The average molecular weight is 292 g/mol. The van der Waals surface area contributed by atoms with Crippen LogP contribution >= 0.6 is 15.9 Å². The molecule has 0 saturated carbocycles. The van der Waals surface area contributed by atoms with Gasteiger partial charge in [0.1, 0.15) is 0 Å². The van der Waals surface area contributed by atoms with Crippen molar-refractivity contribution in [3.8, 4) is 0 Å². The van der Waals surface area contributed by atoms with Crippen molar-refractivity contribution in [1.82, 2.24) is 0 Å². The largest absolute Gasteiger partial charge is 0.385 e. The highest BCUT2D eigenvalue weighted by Gasteiger charge is 2.03. The van der Waals surface area contributed by atoms with E-state index in [1.807, 2.05) is 0 Å². The molecule has 90 valence electrons.